The number of nitrogens with zero attached hydrogens (tertiary/aromatic N) is 1. The van der Waals surface area contributed by atoms with Crippen molar-refractivity contribution in [1.82, 2.24) is 4.90 Å². The molecule has 2 aromatic rings. The van der Waals surface area contributed by atoms with Crippen LogP contribution in [0.1, 0.15) is 66.3 Å². The van der Waals surface area contributed by atoms with Crippen LogP contribution in [0.3, 0.4) is 0 Å². The van der Waals surface area contributed by atoms with Crippen LogP contribution in [0, 0.1) is 0 Å². The van der Waals surface area contributed by atoms with Crippen LogP contribution in [0.2, 0.25) is 0 Å². The molecule has 0 radical (unpaired) electrons. The number of amides is 2. The Morgan fingerprint density at radius 1 is 0.893 bits per heavy atom. The maximum atomic E-state index is 12.6. The van der Waals surface area contributed by atoms with Gasteiger partial charge in [-0.1, -0.05) is 38.1 Å². The van der Waals surface area contributed by atoms with Crippen molar-refractivity contribution < 1.29 is 19.1 Å². The third-order valence-corrected chi connectivity index (χ3v) is 4.96. The zero-order valence-corrected chi connectivity index (χ0v) is 16.8. The average molecular weight is 381 g/mol. The molecule has 0 N–H and O–H groups in total. The summed E-state index contributed by atoms with van der Waals surface area (Å²) in [6.45, 7) is 8.17. The van der Waals surface area contributed by atoms with Crippen molar-refractivity contribution in [1.29, 1.82) is 0 Å². The van der Waals surface area contributed by atoms with E-state index in [2.05, 4.69) is 13.8 Å². The smallest absolute Gasteiger partial charge is 0.261 e. The molecule has 1 aliphatic heterocycles. The Labute approximate surface area is 166 Å². The predicted octanol–water partition coefficient (Wildman–Crippen LogP) is 4.63. The number of rotatable bonds is 8. The minimum atomic E-state index is -0.739. The number of hydrogen-bond acceptors (Lipinski definition) is 4. The summed E-state index contributed by atoms with van der Waals surface area (Å²) < 4.78 is 11.8. The summed E-state index contributed by atoms with van der Waals surface area (Å²) in [5.74, 6) is 0.506. The highest BCUT2D eigenvalue weighted by Crippen LogP contribution is 2.25. The third-order valence-electron chi connectivity index (χ3n) is 4.96. The summed E-state index contributed by atoms with van der Waals surface area (Å²) in [5, 5.41) is 0. The van der Waals surface area contributed by atoms with Crippen molar-refractivity contribution in [3.05, 3.63) is 65.2 Å². The van der Waals surface area contributed by atoms with Crippen molar-refractivity contribution in [3.63, 3.8) is 0 Å². The van der Waals surface area contributed by atoms with Gasteiger partial charge >= 0.3 is 0 Å². The molecule has 5 heteroatoms. The molecule has 0 saturated heterocycles. The number of hydrogen-bond donors (Lipinski definition) is 0. The monoisotopic (exact) mass is 381 g/mol. The van der Waals surface area contributed by atoms with Gasteiger partial charge in [-0.2, -0.15) is 0 Å². The second kappa shape index (κ2) is 8.57. The SMILES string of the molecule is CCC(C)c1ccc(OC(CN2C(=O)c3ccccc3C2=O)OC(C)C)cc1. The van der Waals surface area contributed by atoms with E-state index >= 15 is 0 Å². The summed E-state index contributed by atoms with van der Waals surface area (Å²) in [6.07, 6.45) is 0.218. The molecule has 0 aromatic heterocycles. The van der Waals surface area contributed by atoms with Gasteiger partial charge in [-0.05, 0) is 56.0 Å². The molecule has 0 spiro atoms. The summed E-state index contributed by atoms with van der Waals surface area (Å²) in [6, 6.07) is 14.7. The Bertz CT molecular complexity index is 809. The molecule has 0 saturated carbocycles. The molecule has 0 aliphatic carbocycles. The van der Waals surface area contributed by atoms with E-state index in [1.807, 2.05) is 38.1 Å². The van der Waals surface area contributed by atoms with Crippen LogP contribution in [0.4, 0.5) is 0 Å². The molecule has 0 bridgehead atoms. The fourth-order valence-electron chi connectivity index (χ4n) is 3.23. The zero-order chi connectivity index (χ0) is 20.3. The first kappa shape index (κ1) is 20.1. The standard InChI is InChI=1S/C23H27NO4/c1-5-16(4)17-10-12-18(13-11-17)28-21(27-15(2)3)14-24-22(25)19-8-6-7-9-20(19)23(24)26/h6-13,15-16,21H,5,14H2,1-4H3. The Morgan fingerprint density at radius 2 is 1.46 bits per heavy atom. The Balaban J connectivity index is 1.74. The van der Waals surface area contributed by atoms with Crippen LogP contribution in [0.5, 0.6) is 5.75 Å². The molecular weight excluding hydrogens is 354 g/mol. The first-order chi connectivity index (χ1) is 13.4. The summed E-state index contributed by atoms with van der Waals surface area (Å²) in [5.41, 5.74) is 2.10. The van der Waals surface area contributed by atoms with Crippen molar-refractivity contribution in [2.24, 2.45) is 0 Å². The van der Waals surface area contributed by atoms with Gasteiger partial charge in [-0.15, -0.1) is 0 Å². The first-order valence-corrected chi connectivity index (χ1v) is 9.78. The highest BCUT2D eigenvalue weighted by Gasteiger charge is 2.37. The molecule has 1 heterocycles. The van der Waals surface area contributed by atoms with Crippen LogP contribution in [0.15, 0.2) is 48.5 Å². The Morgan fingerprint density at radius 3 is 1.96 bits per heavy atom. The van der Waals surface area contributed by atoms with E-state index in [9.17, 15) is 9.59 Å². The lowest BCUT2D eigenvalue weighted by Crippen LogP contribution is -2.41. The van der Waals surface area contributed by atoms with E-state index < -0.39 is 6.29 Å². The molecule has 2 unspecified atom stereocenters. The third kappa shape index (κ3) is 4.25. The number of ether oxygens (including phenoxy) is 2. The van der Waals surface area contributed by atoms with Gasteiger partial charge in [-0.3, -0.25) is 14.5 Å². The lowest BCUT2D eigenvalue weighted by molar-refractivity contribution is -0.113. The van der Waals surface area contributed by atoms with Crippen molar-refractivity contribution >= 4 is 11.8 Å². The summed E-state index contributed by atoms with van der Waals surface area (Å²) >= 11 is 0. The van der Waals surface area contributed by atoms with E-state index in [1.165, 1.54) is 10.5 Å². The largest absolute Gasteiger partial charge is 0.463 e. The van der Waals surface area contributed by atoms with Crippen molar-refractivity contribution in [2.45, 2.75) is 52.4 Å². The molecule has 3 rings (SSSR count). The molecule has 2 atom stereocenters. The minimum absolute atomic E-state index is 0.0393. The van der Waals surface area contributed by atoms with Gasteiger partial charge in [-0.25, -0.2) is 0 Å². The lowest BCUT2D eigenvalue weighted by Gasteiger charge is -2.25. The first-order valence-electron chi connectivity index (χ1n) is 9.78. The van der Waals surface area contributed by atoms with Gasteiger partial charge in [0.05, 0.1) is 23.8 Å². The van der Waals surface area contributed by atoms with Gasteiger partial charge in [0.25, 0.3) is 11.8 Å². The van der Waals surface area contributed by atoms with Gasteiger partial charge in [0, 0.05) is 0 Å². The van der Waals surface area contributed by atoms with Crippen molar-refractivity contribution in [3.8, 4) is 5.75 Å². The quantitative estimate of drug-likeness (QED) is 0.494. The van der Waals surface area contributed by atoms with E-state index in [4.69, 9.17) is 9.47 Å². The van der Waals surface area contributed by atoms with E-state index in [1.54, 1.807) is 24.3 Å². The molecule has 1 aliphatic rings. The molecular formula is C23H27NO4. The number of carbonyl (C=O) groups excluding carboxylic acids is 2. The molecule has 28 heavy (non-hydrogen) atoms. The topological polar surface area (TPSA) is 55.8 Å². The predicted molar refractivity (Wildman–Crippen MR) is 108 cm³/mol. The maximum Gasteiger partial charge on any atom is 0.261 e. The second-order valence-corrected chi connectivity index (χ2v) is 7.38. The van der Waals surface area contributed by atoms with Gasteiger partial charge in [0.15, 0.2) is 0 Å². The second-order valence-electron chi connectivity index (χ2n) is 7.38. The molecule has 0 fully saturated rings. The van der Waals surface area contributed by atoms with Crippen LogP contribution in [0.25, 0.3) is 0 Å². The lowest BCUT2D eigenvalue weighted by atomic mass is 9.99. The maximum absolute atomic E-state index is 12.6. The highest BCUT2D eigenvalue weighted by molar-refractivity contribution is 6.21. The van der Waals surface area contributed by atoms with E-state index in [0.29, 0.717) is 22.8 Å². The normalized spacial score (nSPS) is 15.7. The van der Waals surface area contributed by atoms with Crippen LogP contribution in [-0.4, -0.2) is 35.7 Å². The van der Waals surface area contributed by atoms with Gasteiger partial charge in [0.2, 0.25) is 6.29 Å². The number of carbonyl (C=O) groups is 2. The zero-order valence-electron chi connectivity index (χ0n) is 16.8. The number of fused-ring (bicyclic) bond motifs is 1. The van der Waals surface area contributed by atoms with Crippen LogP contribution < -0.4 is 4.74 Å². The van der Waals surface area contributed by atoms with Crippen molar-refractivity contribution in [2.75, 3.05) is 6.54 Å². The van der Waals surface area contributed by atoms with E-state index in [0.717, 1.165) is 6.42 Å². The number of benzene rings is 2. The van der Waals surface area contributed by atoms with E-state index in [-0.39, 0.29) is 24.5 Å². The Kier molecular flexibility index (Phi) is 6.15. The fourth-order valence-corrected chi connectivity index (χ4v) is 3.23. The average Bonchev–Trinajstić information content (AvgIpc) is 2.92. The van der Waals surface area contributed by atoms with Crippen LogP contribution >= 0.6 is 0 Å². The van der Waals surface area contributed by atoms with Gasteiger partial charge in [0.1, 0.15) is 5.75 Å². The van der Waals surface area contributed by atoms with Gasteiger partial charge < -0.3 is 9.47 Å². The number of imide groups is 1. The summed E-state index contributed by atoms with van der Waals surface area (Å²) in [4.78, 5) is 26.5. The minimum Gasteiger partial charge on any atom is -0.463 e. The molecule has 2 aromatic carbocycles. The molecule has 5 nitrogen and oxygen atoms in total. The summed E-state index contributed by atoms with van der Waals surface area (Å²) in [7, 11) is 0. The highest BCUT2D eigenvalue weighted by atomic mass is 16.7. The Hall–Kier alpha value is -2.66. The fraction of sp³-hybridized carbons (Fsp3) is 0.391. The molecule has 2 amide bonds. The molecule has 148 valence electrons. The van der Waals surface area contributed by atoms with Crippen LogP contribution in [-0.2, 0) is 4.74 Å².